The maximum Gasteiger partial charge on any atom is 0.225 e. The third kappa shape index (κ3) is 6.55. The van der Waals surface area contributed by atoms with Crippen LogP contribution in [0.2, 0.25) is 25.7 Å². The van der Waals surface area contributed by atoms with E-state index in [0.717, 1.165) is 35.5 Å². The molecule has 0 saturated carbocycles. The Morgan fingerprint density at radius 3 is 2.52 bits per heavy atom. The van der Waals surface area contributed by atoms with E-state index in [1.165, 1.54) is 11.1 Å². The highest BCUT2D eigenvalue weighted by atomic mass is 28.3. The summed E-state index contributed by atoms with van der Waals surface area (Å²) in [6, 6.07) is 16.0. The molecule has 0 radical (unpaired) electrons. The molecule has 0 aliphatic rings. The van der Waals surface area contributed by atoms with Crippen molar-refractivity contribution in [1.82, 2.24) is 9.78 Å². The van der Waals surface area contributed by atoms with E-state index in [2.05, 4.69) is 88.2 Å². The summed E-state index contributed by atoms with van der Waals surface area (Å²) in [6.07, 6.45) is 1.29. The van der Waals surface area contributed by atoms with Crippen molar-refractivity contribution in [2.24, 2.45) is 0 Å². The molecule has 0 aliphatic heterocycles. The SMILES string of the molecule is CCCC(=O)Nc1nn(COCC[Si](C)(C)C)c2cc(-c3ccccc3C(C)(C)C)ccc12. The van der Waals surface area contributed by atoms with E-state index in [1.54, 1.807) is 0 Å². The van der Waals surface area contributed by atoms with Crippen LogP contribution < -0.4 is 5.32 Å². The monoisotopic (exact) mass is 465 g/mol. The topological polar surface area (TPSA) is 56.2 Å². The number of benzene rings is 2. The van der Waals surface area contributed by atoms with Gasteiger partial charge in [-0.2, -0.15) is 5.10 Å². The lowest BCUT2D eigenvalue weighted by Crippen LogP contribution is -2.22. The van der Waals surface area contributed by atoms with Crippen molar-refractivity contribution in [3.05, 3.63) is 48.0 Å². The molecule has 178 valence electrons. The van der Waals surface area contributed by atoms with E-state index >= 15 is 0 Å². The van der Waals surface area contributed by atoms with Crippen LogP contribution in [0.1, 0.15) is 46.1 Å². The standard InChI is InChI=1S/C27H39N3O2Si/c1-8-11-25(31)28-26-22-15-14-20(21-12-9-10-13-23(21)27(2,3)4)18-24(22)30(29-26)19-32-16-17-33(5,6)7/h9-10,12-15,18H,8,11,16-17,19H2,1-7H3,(H,28,29,31). The van der Waals surface area contributed by atoms with Crippen LogP contribution >= 0.6 is 0 Å². The first-order valence-corrected chi connectivity index (χ1v) is 15.7. The summed E-state index contributed by atoms with van der Waals surface area (Å²) in [7, 11) is -1.16. The summed E-state index contributed by atoms with van der Waals surface area (Å²) in [6.45, 7) is 16.9. The van der Waals surface area contributed by atoms with Gasteiger partial charge in [0, 0.05) is 26.5 Å². The zero-order valence-electron chi connectivity index (χ0n) is 21.3. The number of nitrogens with zero attached hydrogens (tertiary/aromatic N) is 2. The number of ether oxygens (including phenoxy) is 1. The molecule has 6 heteroatoms. The predicted octanol–water partition coefficient (Wildman–Crippen LogP) is 7.05. The number of amides is 1. The van der Waals surface area contributed by atoms with Crippen molar-refractivity contribution in [2.75, 3.05) is 11.9 Å². The van der Waals surface area contributed by atoms with Crippen LogP contribution in [-0.2, 0) is 21.7 Å². The Morgan fingerprint density at radius 1 is 1.12 bits per heavy atom. The minimum atomic E-state index is -1.16. The highest BCUT2D eigenvalue weighted by Crippen LogP contribution is 2.35. The van der Waals surface area contributed by atoms with Gasteiger partial charge in [0.05, 0.1) is 5.52 Å². The Kier molecular flexibility index (Phi) is 7.80. The molecule has 0 unspecified atom stereocenters. The van der Waals surface area contributed by atoms with Gasteiger partial charge >= 0.3 is 0 Å². The molecule has 1 heterocycles. The fraction of sp³-hybridized carbons (Fsp3) is 0.481. The first-order valence-electron chi connectivity index (χ1n) is 12.0. The van der Waals surface area contributed by atoms with Crippen molar-refractivity contribution >= 4 is 30.7 Å². The molecule has 0 bridgehead atoms. The summed E-state index contributed by atoms with van der Waals surface area (Å²) in [5.74, 6) is 0.596. The Bertz CT molecular complexity index is 1110. The summed E-state index contributed by atoms with van der Waals surface area (Å²) in [5.41, 5.74) is 4.67. The molecule has 33 heavy (non-hydrogen) atoms. The second kappa shape index (κ2) is 10.2. The average Bonchev–Trinajstić information content (AvgIpc) is 3.06. The minimum Gasteiger partial charge on any atom is -0.360 e. The van der Waals surface area contributed by atoms with E-state index < -0.39 is 8.07 Å². The van der Waals surface area contributed by atoms with Gasteiger partial charge in [-0.05, 0) is 46.7 Å². The van der Waals surface area contributed by atoms with Crippen molar-refractivity contribution in [2.45, 2.75) is 78.4 Å². The smallest absolute Gasteiger partial charge is 0.225 e. The van der Waals surface area contributed by atoms with Gasteiger partial charge in [0.15, 0.2) is 5.82 Å². The second-order valence-corrected chi connectivity index (χ2v) is 16.6. The van der Waals surface area contributed by atoms with Crippen LogP contribution in [0.15, 0.2) is 42.5 Å². The lowest BCUT2D eigenvalue weighted by atomic mass is 9.82. The number of carbonyl (C=O) groups is 1. The average molecular weight is 466 g/mol. The van der Waals surface area contributed by atoms with Gasteiger partial charge in [0.25, 0.3) is 0 Å². The largest absolute Gasteiger partial charge is 0.360 e. The van der Waals surface area contributed by atoms with Gasteiger partial charge in [0.1, 0.15) is 6.73 Å². The molecule has 0 fully saturated rings. The highest BCUT2D eigenvalue weighted by Gasteiger charge is 2.20. The number of aromatic nitrogens is 2. The molecule has 5 nitrogen and oxygen atoms in total. The third-order valence-corrected chi connectivity index (χ3v) is 7.45. The summed E-state index contributed by atoms with van der Waals surface area (Å²) in [5, 5.41) is 8.65. The van der Waals surface area contributed by atoms with Gasteiger partial charge < -0.3 is 10.1 Å². The maximum absolute atomic E-state index is 12.3. The molecule has 1 amide bonds. The number of carbonyl (C=O) groups excluding carboxylic acids is 1. The van der Waals surface area contributed by atoms with Crippen LogP contribution in [0.5, 0.6) is 0 Å². The van der Waals surface area contributed by atoms with Crippen LogP contribution in [-0.4, -0.2) is 30.4 Å². The molecule has 3 aromatic rings. The second-order valence-electron chi connectivity index (χ2n) is 11.0. The molecule has 0 saturated heterocycles. The third-order valence-electron chi connectivity index (χ3n) is 5.74. The number of hydrogen-bond donors (Lipinski definition) is 1. The van der Waals surface area contributed by atoms with Gasteiger partial charge in [-0.1, -0.05) is 77.7 Å². The number of rotatable bonds is 9. The molecule has 2 aromatic carbocycles. The van der Waals surface area contributed by atoms with E-state index in [1.807, 2.05) is 11.6 Å². The number of fused-ring (bicyclic) bond motifs is 1. The molecule has 1 aromatic heterocycles. The van der Waals surface area contributed by atoms with E-state index in [4.69, 9.17) is 9.84 Å². The Morgan fingerprint density at radius 2 is 1.85 bits per heavy atom. The molecule has 3 rings (SSSR count). The zero-order valence-corrected chi connectivity index (χ0v) is 22.3. The Labute approximate surface area is 199 Å². The molecule has 1 N–H and O–H groups in total. The summed E-state index contributed by atoms with van der Waals surface area (Å²) in [4.78, 5) is 12.3. The van der Waals surface area contributed by atoms with E-state index in [-0.39, 0.29) is 11.3 Å². The molecule has 0 atom stereocenters. The lowest BCUT2D eigenvalue weighted by Gasteiger charge is -2.23. The van der Waals surface area contributed by atoms with Crippen molar-refractivity contribution in [3.8, 4) is 11.1 Å². The van der Waals surface area contributed by atoms with Crippen molar-refractivity contribution in [3.63, 3.8) is 0 Å². The molecular formula is C27H39N3O2Si. The number of hydrogen-bond acceptors (Lipinski definition) is 3. The van der Waals surface area contributed by atoms with Gasteiger partial charge in [-0.3, -0.25) is 4.79 Å². The molecule has 0 aliphatic carbocycles. The summed E-state index contributed by atoms with van der Waals surface area (Å²) >= 11 is 0. The Balaban J connectivity index is 2.00. The van der Waals surface area contributed by atoms with E-state index in [9.17, 15) is 4.79 Å². The number of anilines is 1. The van der Waals surface area contributed by atoms with Gasteiger partial charge in [0.2, 0.25) is 5.91 Å². The fourth-order valence-corrected chi connectivity index (χ4v) is 4.63. The van der Waals surface area contributed by atoms with Gasteiger partial charge in [-0.25, -0.2) is 4.68 Å². The van der Waals surface area contributed by atoms with E-state index in [0.29, 0.717) is 19.0 Å². The number of nitrogens with one attached hydrogen (secondary N) is 1. The van der Waals surface area contributed by atoms with Crippen LogP contribution in [0.4, 0.5) is 5.82 Å². The summed E-state index contributed by atoms with van der Waals surface area (Å²) < 4.78 is 7.89. The minimum absolute atomic E-state index is 0.00847. The van der Waals surface area contributed by atoms with Crippen LogP contribution in [0.3, 0.4) is 0 Å². The van der Waals surface area contributed by atoms with Crippen molar-refractivity contribution < 1.29 is 9.53 Å². The quantitative estimate of drug-likeness (QED) is 0.272. The van der Waals surface area contributed by atoms with Gasteiger partial charge in [-0.15, -0.1) is 0 Å². The maximum atomic E-state index is 12.3. The fourth-order valence-electron chi connectivity index (χ4n) is 3.87. The normalized spacial score (nSPS) is 12.3. The first kappa shape index (κ1) is 25.2. The lowest BCUT2D eigenvalue weighted by molar-refractivity contribution is -0.116. The predicted molar refractivity (Wildman–Crippen MR) is 142 cm³/mol. The highest BCUT2D eigenvalue weighted by molar-refractivity contribution is 6.76. The zero-order chi connectivity index (χ0) is 24.2. The molecule has 0 spiro atoms. The first-order chi connectivity index (χ1) is 15.5. The molecular weight excluding hydrogens is 426 g/mol. The Hall–Kier alpha value is -2.44. The van der Waals surface area contributed by atoms with Crippen LogP contribution in [0.25, 0.3) is 22.0 Å². The van der Waals surface area contributed by atoms with Crippen molar-refractivity contribution in [1.29, 1.82) is 0 Å². The van der Waals surface area contributed by atoms with Crippen LogP contribution in [0, 0.1) is 0 Å².